The van der Waals surface area contributed by atoms with Gasteiger partial charge in [0.25, 0.3) is 5.91 Å². The van der Waals surface area contributed by atoms with Crippen molar-refractivity contribution in [2.45, 2.75) is 45.6 Å². The number of carbonyl (C=O) groups is 1. The number of nitrogens with one attached hydrogen (secondary N) is 1. The Morgan fingerprint density at radius 1 is 1.19 bits per heavy atom. The molecule has 6 heteroatoms. The summed E-state index contributed by atoms with van der Waals surface area (Å²) in [5, 5.41) is 4.37. The maximum Gasteiger partial charge on any atom is 0.254 e. The minimum atomic E-state index is 0. The van der Waals surface area contributed by atoms with Crippen LogP contribution in [-0.2, 0) is 0 Å². The Labute approximate surface area is 167 Å². The van der Waals surface area contributed by atoms with Crippen LogP contribution in [0.4, 0.5) is 0 Å². The van der Waals surface area contributed by atoms with Gasteiger partial charge in [0.1, 0.15) is 0 Å². The molecule has 1 aliphatic carbocycles. The number of pyridine rings is 1. The fourth-order valence-corrected chi connectivity index (χ4v) is 3.76. The van der Waals surface area contributed by atoms with Crippen molar-refractivity contribution < 1.29 is 4.79 Å². The average Bonchev–Trinajstić information content (AvgIpc) is 3.39. The second-order valence-electron chi connectivity index (χ2n) is 7.40. The number of aromatic nitrogens is 1. The van der Waals surface area contributed by atoms with Crippen LogP contribution >= 0.6 is 24.8 Å². The fraction of sp³-hybridized carbons (Fsp3) is 0.500. The van der Waals surface area contributed by atoms with Crippen molar-refractivity contribution in [3.05, 3.63) is 40.6 Å². The third kappa shape index (κ3) is 3.83. The van der Waals surface area contributed by atoms with Crippen molar-refractivity contribution in [2.75, 3.05) is 19.6 Å². The van der Waals surface area contributed by atoms with E-state index in [0.29, 0.717) is 5.92 Å². The summed E-state index contributed by atoms with van der Waals surface area (Å²) in [5.41, 5.74) is 5.28. The molecule has 0 radical (unpaired) electrons. The largest absolute Gasteiger partial charge is 0.333 e. The second kappa shape index (κ2) is 8.12. The van der Waals surface area contributed by atoms with Crippen LogP contribution in [0.15, 0.2) is 18.2 Å². The number of fused-ring (bicyclic) bond motifs is 1. The highest BCUT2D eigenvalue weighted by atomic mass is 35.5. The van der Waals surface area contributed by atoms with Crippen LogP contribution in [0.1, 0.15) is 52.9 Å². The van der Waals surface area contributed by atoms with Crippen molar-refractivity contribution in [2.24, 2.45) is 0 Å². The Bertz CT molecular complexity index is 820. The Hall–Kier alpha value is -1.36. The van der Waals surface area contributed by atoms with E-state index < -0.39 is 0 Å². The molecule has 26 heavy (non-hydrogen) atoms. The summed E-state index contributed by atoms with van der Waals surface area (Å²) >= 11 is 0. The Kier molecular flexibility index (Phi) is 6.54. The van der Waals surface area contributed by atoms with Crippen LogP contribution in [0.3, 0.4) is 0 Å². The molecule has 142 valence electrons. The molecule has 1 aliphatic heterocycles. The molecule has 1 N–H and O–H groups in total. The van der Waals surface area contributed by atoms with Gasteiger partial charge in [-0.15, -0.1) is 24.8 Å². The van der Waals surface area contributed by atoms with Crippen molar-refractivity contribution in [3.63, 3.8) is 0 Å². The van der Waals surface area contributed by atoms with Gasteiger partial charge in [0.15, 0.2) is 0 Å². The van der Waals surface area contributed by atoms with Gasteiger partial charge in [-0.05, 0) is 51.3 Å². The molecule has 1 aromatic carbocycles. The number of hydrogen-bond acceptors (Lipinski definition) is 3. The summed E-state index contributed by atoms with van der Waals surface area (Å²) in [6, 6.07) is 6.57. The molecule has 1 saturated carbocycles. The van der Waals surface area contributed by atoms with E-state index in [4.69, 9.17) is 4.98 Å². The minimum Gasteiger partial charge on any atom is -0.333 e. The van der Waals surface area contributed by atoms with E-state index in [-0.39, 0.29) is 36.8 Å². The van der Waals surface area contributed by atoms with Crippen LogP contribution < -0.4 is 5.32 Å². The summed E-state index contributed by atoms with van der Waals surface area (Å²) in [6.07, 6.45) is 2.39. The molecule has 1 amide bonds. The molecule has 1 aromatic heterocycles. The van der Waals surface area contributed by atoms with E-state index in [9.17, 15) is 4.79 Å². The first kappa shape index (κ1) is 20.9. The first-order valence-electron chi connectivity index (χ1n) is 8.98. The van der Waals surface area contributed by atoms with Gasteiger partial charge in [0.05, 0.1) is 11.1 Å². The van der Waals surface area contributed by atoms with Crippen LogP contribution in [-0.4, -0.2) is 41.5 Å². The van der Waals surface area contributed by atoms with E-state index in [2.05, 4.69) is 44.3 Å². The minimum absolute atomic E-state index is 0. The lowest BCUT2D eigenvalue weighted by Crippen LogP contribution is -2.52. The smallest absolute Gasteiger partial charge is 0.254 e. The van der Waals surface area contributed by atoms with Gasteiger partial charge in [-0.25, -0.2) is 0 Å². The zero-order valence-electron chi connectivity index (χ0n) is 15.5. The van der Waals surface area contributed by atoms with E-state index in [1.54, 1.807) is 0 Å². The third-order valence-corrected chi connectivity index (χ3v) is 5.26. The molecule has 4 nitrogen and oxygen atoms in total. The number of hydrogen-bond donors (Lipinski definition) is 1. The maximum atomic E-state index is 13.3. The van der Waals surface area contributed by atoms with Crippen LogP contribution in [0.25, 0.3) is 10.9 Å². The predicted octanol–water partition coefficient (Wildman–Crippen LogP) is 4.01. The van der Waals surface area contributed by atoms with Crippen molar-refractivity contribution in [3.8, 4) is 0 Å². The fourth-order valence-electron chi connectivity index (χ4n) is 3.76. The number of benzene rings is 1. The van der Waals surface area contributed by atoms with Gasteiger partial charge >= 0.3 is 0 Å². The van der Waals surface area contributed by atoms with E-state index in [0.717, 1.165) is 47.4 Å². The number of amides is 1. The van der Waals surface area contributed by atoms with Gasteiger partial charge in [-0.2, -0.15) is 0 Å². The molecule has 0 spiro atoms. The molecular weight excluding hydrogens is 369 g/mol. The molecule has 2 fully saturated rings. The maximum absolute atomic E-state index is 13.3. The lowest BCUT2D eigenvalue weighted by molar-refractivity contribution is 0.0657. The number of halogens is 2. The summed E-state index contributed by atoms with van der Waals surface area (Å²) in [6.45, 7) is 8.80. The molecule has 2 aliphatic rings. The molecule has 2 heterocycles. The number of carbonyl (C=O) groups excluding carboxylic acids is 1. The lowest BCUT2D eigenvalue weighted by Gasteiger charge is -2.34. The summed E-state index contributed by atoms with van der Waals surface area (Å²) in [4.78, 5) is 20.2. The molecule has 2 aromatic rings. The molecule has 0 unspecified atom stereocenters. The summed E-state index contributed by atoms with van der Waals surface area (Å²) < 4.78 is 0. The second-order valence-corrected chi connectivity index (χ2v) is 7.40. The third-order valence-electron chi connectivity index (χ3n) is 5.26. The summed E-state index contributed by atoms with van der Waals surface area (Å²) in [7, 11) is 0. The van der Waals surface area contributed by atoms with E-state index in [1.807, 2.05) is 4.90 Å². The highest BCUT2D eigenvalue weighted by Gasteiger charge is 2.30. The number of aryl methyl sites for hydroxylation is 2. The molecular formula is C20H27Cl2N3O. The molecule has 0 bridgehead atoms. The van der Waals surface area contributed by atoms with E-state index in [1.165, 1.54) is 18.4 Å². The Morgan fingerprint density at radius 3 is 2.58 bits per heavy atom. The Morgan fingerprint density at radius 2 is 1.92 bits per heavy atom. The normalized spacial score (nSPS) is 19.7. The predicted molar refractivity (Wildman–Crippen MR) is 111 cm³/mol. The zero-order chi connectivity index (χ0) is 16.8. The number of nitrogens with zero attached hydrogens (tertiary/aromatic N) is 2. The first-order valence-corrected chi connectivity index (χ1v) is 8.98. The van der Waals surface area contributed by atoms with Gasteiger partial charge in [0.2, 0.25) is 0 Å². The molecule has 1 saturated heterocycles. The zero-order valence-corrected chi connectivity index (χ0v) is 17.2. The monoisotopic (exact) mass is 395 g/mol. The van der Waals surface area contributed by atoms with Gasteiger partial charge in [0, 0.05) is 42.7 Å². The topological polar surface area (TPSA) is 45.2 Å². The van der Waals surface area contributed by atoms with Crippen molar-refractivity contribution in [1.82, 2.24) is 15.2 Å². The van der Waals surface area contributed by atoms with Gasteiger partial charge in [-0.1, -0.05) is 11.6 Å². The lowest BCUT2D eigenvalue weighted by atomic mass is 9.99. The van der Waals surface area contributed by atoms with Crippen molar-refractivity contribution >= 4 is 41.6 Å². The van der Waals surface area contributed by atoms with Crippen LogP contribution in [0.2, 0.25) is 0 Å². The number of piperazine rings is 1. The summed E-state index contributed by atoms with van der Waals surface area (Å²) in [5.74, 6) is 0.699. The highest BCUT2D eigenvalue weighted by Crippen LogP contribution is 2.40. The SMILES string of the molecule is Cc1cc(C)c2nc(C3CC3)cc(C(=O)N3CCNC[C@H]3C)c2c1.Cl.Cl. The van der Waals surface area contributed by atoms with Crippen LogP contribution in [0, 0.1) is 13.8 Å². The van der Waals surface area contributed by atoms with Crippen molar-refractivity contribution in [1.29, 1.82) is 0 Å². The Balaban J connectivity index is 0.00000121. The van der Waals surface area contributed by atoms with Gasteiger partial charge in [-0.3, -0.25) is 9.78 Å². The highest BCUT2D eigenvalue weighted by molar-refractivity contribution is 6.07. The van der Waals surface area contributed by atoms with E-state index >= 15 is 0 Å². The van der Waals surface area contributed by atoms with Crippen LogP contribution in [0.5, 0.6) is 0 Å². The molecule has 4 rings (SSSR count). The average molecular weight is 396 g/mol. The first-order chi connectivity index (χ1) is 11.5. The quantitative estimate of drug-likeness (QED) is 0.835. The van der Waals surface area contributed by atoms with Gasteiger partial charge < -0.3 is 10.2 Å². The standard InChI is InChI=1S/C20H25N3O.2ClH/c1-12-8-13(2)19-16(9-12)17(10-18(22-19)15-4-5-15)20(24)23-7-6-21-11-14(23)3;;/h8-10,14-15,21H,4-7,11H2,1-3H3;2*1H/t14-;;/m1../s1. The molecule has 1 atom stereocenters. The number of rotatable bonds is 2.